The van der Waals surface area contributed by atoms with Gasteiger partial charge >= 0.3 is 0 Å². The molecule has 0 saturated heterocycles. The fourth-order valence-corrected chi connectivity index (χ4v) is 3.00. The lowest BCUT2D eigenvalue weighted by Gasteiger charge is -2.26. The molecule has 0 unspecified atom stereocenters. The lowest BCUT2D eigenvalue weighted by molar-refractivity contribution is 0.0897. The molecule has 1 aliphatic heterocycles. The van der Waals surface area contributed by atoms with Gasteiger partial charge in [-0.1, -0.05) is 37.6 Å². The zero-order valence-corrected chi connectivity index (χ0v) is 16.7. The van der Waals surface area contributed by atoms with Gasteiger partial charge in [-0.15, -0.1) is 12.4 Å². The number of ether oxygens (including phenoxy) is 4. The smallest absolute Gasteiger partial charge is 0.164 e. The molecule has 148 valence electrons. The first-order chi connectivity index (χ1) is 12.8. The molecule has 0 amide bonds. The Hall–Kier alpha value is -2.11. The molecule has 1 aliphatic rings. The van der Waals surface area contributed by atoms with Gasteiger partial charge < -0.3 is 24.3 Å². The lowest BCUT2D eigenvalue weighted by Crippen LogP contribution is -2.39. The van der Waals surface area contributed by atoms with Crippen LogP contribution < -0.4 is 24.3 Å². The second-order valence-electron chi connectivity index (χ2n) is 6.25. The fraction of sp³-hybridized carbons (Fsp3) is 0.429. The molecule has 2 aromatic carbocycles. The number of nitrogens with one attached hydrogen (secondary N) is 1. The number of para-hydroxylation sites is 3. The first-order valence-corrected chi connectivity index (χ1v) is 9.19. The summed E-state index contributed by atoms with van der Waals surface area (Å²) in [7, 11) is 1.68. The largest absolute Gasteiger partial charge is 0.493 e. The number of hydrogen-bond acceptors (Lipinski definition) is 5. The maximum absolute atomic E-state index is 6.00. The first kappa shape index (κ1) is 21.2. The van der Waals surface area contributed by atoms with Crippen molar-refractivity contribution in [1.82, 2.24) is 5.32 Å². The quantitative estimate of drug-likeness (QED) is 0.655. The van der Waals surface area contributed by atoms with Crippen molar-refractivity contribution in [3.63, 3.8) is 0 Å². The molecule has 0 aliphatic carbocycles. The number of fused-ring (bicyclic) bond motifs is 1. The number of methoxy groups -OCH3 is 1. The van der Waals surface area contributed by atoms with Crippen molar-refractivity contribution in [3.05, 3.63) is 48.0 Å². The van der Waals surface area contributed by atoms with E-state index in [1.54, 1.807) is 7.11 Å². The summed E-state index contributed by atoms with van der Waals surface area (Å²) in [5.41, 5.74) is 1.19. The highest BCUT2D eigenvalue weighted by atomic mass is 35.5. The van der Waals surface area contributed by atoms with Crippen LogP contribution in [-0.4, -0.2) is 39.5 Å². The third-order valence-corrected chi connectivity index (χ3v) is 4.26. The van der Waals surface area contributed by atoms with Crippen molar-refractivity contribution in [1.29, 1.82) is 0 Å². The molecule has 0 saturated carbocycles. The summed E-state index contributed by atoms with van der Waals surface area (Å²) in [5.74, 6) is 3.26. The van der Waals surface area contributed by atoms with Crippen molar-refractivity contribution < 1.29 is 18.9 Å². The molecule has 0 radical (unpaired) electrons. The summed E-state index contributed by atoms with van der Waals surface area (Å²) in [4.78, 5) is 0. The predicted molar refractivity (Wildman–Crippen MR) is 109 cm³/mol. The Labute approximate surface area is 167 Å². The van der Waals surface area contributed by atoms with Gasteiger partial charge in [0.05, 0.1) is 7.11 Å². The topological polar surface area (TPSA) is 49.0 Å². The maximum atomic E-state index is 6.00. The summed E-state index contributed by atoms with van der Waals surface area (Å²) < 4.78 is 23.1. The molecule has 3 rings (SSSR count). The Morgan fingerprint density at radius 1 is 1.11 bits per heavy atom. The number of halogens is 1. The van der Waals surface area contributed by atoms with E-state index in [2.05, 4.69) is 18.3 Å². The van der Waals surface area contributed by atoms with Gasteiger partial charge in [0, 0.05) is 13.1 Å². The van der Waals surface area contributed by atoms with Gasteiger partial charge in [-0.25, -0.2) is 0 Å². The number of aryl methyl sites for hydroxylation is 1. The molecule has 0 bridgehead atoms. The molecule has 5 nitrogen and oxygen atoms in total. The average molecular weight is 394 g/mol. The molecular weight excluding hydrogens is 366 g/mol. The van der Waals surface area contributed by atoms with Gasteiger partial charge in [-0.3, -0.25) is 0 Å². The van der Waals surface area contributed by atoms with E-state index in [0.29, 0.717) is 19.8 Å². The van der Waals surface area contributed by atoms with E-state index in [-0.39, 0.29) is 18.5 Å². The molecule has 0 spiro atoms. The Balaban J connectivity index is 0.00000261. The van der Waals surface area contributed by atoms with Crippen LogP contribution in [0.5, 0.6) is 23.0 Å². The van der Waals surface area contributed by atoms with E-state index in [0.717, 1.165) is 42.4 Å². The van der Waals surface area contributed by atoms with E-state index in [1.165, 1.54) is 5.56 Å². The molecule has 2 aromatic rings. The SMILES string of the molecule is CCCc1cccc(OC)c1OCCNC[C@H]1COc2ccccc2O1.Cl. The second kappa shape index (κ2) is 10.9. The van der Waals surface area contributed by atoms with Crippen LogP contribution in [0.3, 0.4) is 0 Å². The van der Waals surface area contributed by atoms with Crippen LogP contribution in [0.15, 0.2) is 42.5 Å². The van der Waals surface area contributed by atoms with Crippen LogP contribution in [0.2, 0.25) is 0 Å². The minimum Gasteiger partial charge on any atom is -0.493 e. The number of benzene rings is 2. The van der Waals surface area contributed by atoms with E-state index >= 15 is 0 Å². The van der Waals surface area contributed by atoms with Crippen LogP contribution in [0, 0.1) is 0 Å². The molecule has 1 N–H and O–H groups in total. The summed E-state index contributed by atoms with van der Waals surface area (Å²) in [6.07, 6.45) is 2.06. The third kappa shape index (κ3) is 5.68. The molecule has 1 heterocycles. The van der Waals surface area contributed by atoms with Gasteiger partial charge in [0.15, 0.2) is 23.0 Å². The Morgan fingerprint density at radius 2 is 1.93 bits per heavy atom. The molecule has 1 atom stereocenters. The van der Waals surface area contributed by atoms with Crippen molar-refractivity contribution >= 4 is 12.4 Å². The van der Waals surface area contributed by atoms with E-state index in [1.807, 2.05) is 36.4 Å². The van der Waals surface area contributed by atoms with Crippen molar-refractivity contribution in [3.8, 4) is 23.0 Å². The van der Waals surface area contributed by atoms with Crippen LogP contribution in [0.1, 0.15) is 18.9 Å². The fourth-order valence-electron chi connectivity index (χ4n) is 3.00. The predicted octanol–water partition coefficient (Wildman–Crippen LogP) is 3.88. The third-order valence-electron chi connectivity index (χ3n) is 4.26. The second-order valence-corrected chi connectivity index (χ2v) is 6.25. The highest BCUT2D eigenvalue weighted by Gasteiger charge is 2.20. The van der Waals surface area contributed by atoms with Crippen LogP contribution in [-0.2, 0) is 6.42 Å². The Morgan fingerprint density at radius 3 is 2.70 bits per heavy atom. The average Bonchev–Trinajstić information content (AvgIpc) is 2.68. The summed E-state index contributed by atoms with van der Waals surface area (Å²) in [6, 6.07) is 13.8. The van der Waals surface area contributed by atoms with E-state index in [4.69, 9.17) is 18.9 Å². The van der Waals surface area contributed by atoms with Gasteiger partial charge in [0.25, 0.3) is 0 Å². The molecule has 6 heteroatoms. The van der Waals surface area contributed by atoms with Crippen molar-refractivity contribution in [2.75, 3.05) is 33.4 Å². The van der Waals surface area contributed by atoms with Crippen molar-refractivity contribution in [2.24, 2.45) is 0 Å². The zero-order valence-electron chi connectivity index (χ0n) is 15.9. The summed E-state index contributed by atoms with van der Waals surface area (Å²) in [5, 5.41) is 3.37. The monoisotopic (exact) mass is 393 g/mol. The molecule has 0 fully saturated rings. The number of rotatable bonds is 9. The van der Waals surface area contributed by atoms with E-state index < -0.39 is 0 Å². The Bertz CT molecular complexity index is 710. The summed E-state index contributed by atoms with van der Waals surface area (Å²) in [6.45, 7) is 4.73. The van der Waals surface area contributed by atoms with Crippen LogP contribution in [0.4, 0.5) is 0 Å². The van der Waals surface area contributed by atoms with E-state index in [9.17, 15) is 0 Å². The highest BCUT2D eigenvalue weighted by molar-refractivity contribution is 5.85. The minimum atomic E-state index is 0. The standard InChI is InChI=1S/C21H27NO4.ClH/c1-3-7-16-8-6-11-20(23-2)21(16)24-13-12-22-14-17-15-25-18-9-4-5-10-19(18)26-17;/h4-6,8-11,17,22H,3,7,12-15H2,1-2H3;1H/t17-;/m0./s1. The zero-order chi connectivity index (χ0) is 18.2. The lowest BCUT2D eigenvalue weighted by atomic mass is 10.1. The molecular formula is C21H28ClNO4. The molecule has 0 aromatic heterocycles. The van der Waals surface area contributed by atoms with Crippen LogP contribution in [0.25, 0.3) is 0 Å². The normalized spacial score (nSPS) is 15.0. The van der Waals surface area contributed by atoms with Gasteiger partial charge in [0.1, 0.15) is 19.3 Å². The highest BCUT2D eigenvalue weighted by Crippen LogP contribution is 2.32. The number of hydrogen-bond donors (Lipinski definition) is 1. The molecule has 27 heavy (non-hydrogen) atoms. The minimum absolute atomic E-state index is 0. The Kier molecular flexibility index (Phi) is 8.55. The maximum Gasteiger partial charge on any atom is 0.164 e. The van der Waals surface area contributed by atoms with Gasteiger partial charge in [-0.2, -0.15) is 0 Å². The van der Waals surface area contributed by atoms with Crippen LogP contribution >= 0.6 is 12.4 Å². The first-order valence-electron chi connectivity index (χ1n) is 9.19. The van der Waals surface area contributed by atoms with Gasteiger partial charge in [0.2, 0.25) is 0 Å². The van der Waals surface area contributed by atoms with Gasteiger partial charge in [-0.05, 0) is 30.2 Å². The van der Waals surface area contributed by atoms with Crippen molar-refractivity contribution in [2.45, 2.75) is 25.9 Å². The summed E-state index contributed by atoms with van der Waals surface area (Å²) >= 11 is 0.